The number of aromatic nitrogens is 3. The Kier molecular flexibility index (Phi) is 5.19. The number of nitrogens with one attached hydrogen (secondary N) is 1. The molecular formula is C10H16N4O5S. The van der Waals surface area contributed by atoms with Crippen molar-refractivity contribution in [2.45, 2.75) is 32.2 Å². The smallest absolute Gasteiger partial charge is 0.327 e. The minimum Gasteiger partial charge on any atom is -0.480 e. The first kappa shape index (κ1) is 16.1. The van der Waals surface area contributed by atoms with Gasteiger partial charge < -0.3 is 10.4 Å². The molecule has 10 heteroatoms. The molecule has 2 N–H and O–H groups in total. The second-order valence-electron chi connectivity index (χ2n) is 4.14. The quantitative estimate of drug-likeness (QED) is 0.647. The number of carboxylic acids is 1. The number of rotatable bonds is 7. The van der Waals surface area contributed by atoms with Gasteiger partial charge in [0.1, 0.15) is 23.9 Å². The van der Waals surface area contributed by atoms with Gasteiger partial charge in [0, 0.05) is 13.5 Å². The summed E-state index contributed by atoms with van der Waals surface area (Å²) in [6.07, 6.45) is 1.23. The number of carboxylic acid groups (broad SMARTS) is 1. The lowest BCUT2D eigenvalue weighted by Gasteiger charge is -2.13. The molecule has 1 amide bonds. The van der Waals surface area contributed by atoms with E-state index in [2.05, 4.69) is 15.4 Å². The number of hydrogen-bond donors (Lipinski definition) is 2. The number of aryl methyl sites for hydroxylation is 1. The largest absolute Gasteiger partial charge is 0.480 e. The van der Waals surface area contributed by atoms with Crippen molar-refractivity contribution in [3.8, 4) is 0 Å². The molecule has 0 aliphatic heterocycles. The van der Waals surface area contributed by atoms with Crippen LogP contribution >= 0.6 is 0 Å². The molecule has 0 aromatic carbocycles. The van der Waals surface area contributed by atoms with E-state index in [1.54, 1.807) is 6.92 Å². The number of aliphatic carboxylic acids is 1. The zero-order valence-electron chi connectivity index (χ0n) is 11.1. The molecule has 1 aromatic rings. The van der Waals surface area contributed by atoms with Gasteiger partial charge in [0.05, 0.1) is 5.75 Å². The van der Waals surface area contributed by atoms with E-state index in [4.69, 9.17) is 5.11 Å². The summed E-state index contributed by atoms with van der Waals surface area (Å²) in [5.41, 5.74) is 0. The second kappa shape index (κ2) is 6.46. The number of sulfone groups is 1. The molecule has 1 heterocycles. The van der Waals surface area contributed by atoms with Gasteiger partial charge in [0.15, 0.2) is 9.84 Å². The van der Waals surface area contributed by atoms with E-state index in [1.807, 2.05) is 0 Å². The Bertz CT molecular complexity index is 595. The fraction of sp³-hybridized carbons (Fsp3) is 0.600. The van der Waals surface area contributed by atoms with E-state index in [0.29, 0.717) is 6.54 Å². The average Bonchev–Trinajstić information content (AvgIpc) is 2.73. The van der Waals surface area contributed by atoms with Crippen LogP contribution in [0.1, 0.15) is 19.7 Å². The van der Waals surface area contributed by atoms with Crippen LogP contribution in [0, 0.1) is 0 Å². The Morgan fingerprint density at radius 2 is 2.15 bits per heavy atom. The summed E-state index contributed by atoms with van der Waals surface area (Å²) in [5, 5.41) is 14.8. The highest BCUT2D eigenvalue weighted by atomic mass is 32.2. The minimum absolute atomic E-state index is 0.236. The summed E-state index contributed by atoms with van der Waals surface area (Å²) in [6.45, 7) is 3.36. The van der Waals surface area contributed by atoms with Crippen molar-refractivity contribution in [2.75, 3.05) is 5.75 Å². The van der Waals surface area contributed by atoms with Gasteiger partial charge in [-0.3, -0.25) is 4.79 Å². The number of carbonyl (C=O) groups is 2. The molecule has 20 heavy (non-hydrogen) atoms. The normalized spacial score (nSPS) is 12.9. The molecule has 9 nitrogen and oxygen atoms in total. The first-order valence-corrected chi connectivity index (χ1v) is 7.64. The van der Waals surface area contributed by atoms with Gasteiger partial charge in [-0.05, 0) is 6.92 Å². The van der Waals surface area contributed by atoms with Crippen LogP contribution in [0.15, 0.2) is 6.33 Å². The number of amides is 1. The lowest BCUT2D eigenvalue weighted by atomic mass is 10.3. The maximum absolute atomic E-state index is 12.0. The molecule has 112 valence electrons. The highest BCUT2D eigenvalue weighted by Gasteiger charge is 2.27. The topological polar surface area (TPSA) is 131 Å². The molecule has 0 saturated carbocycles. The molecule has 0 aliphatic rings. The maximum atomic E-state index is 12.0. The van der Waals surface area contributed by atoms with Crippen molar-refractivity contribution in [2.24, 2.45) is 0 Å². The van der Waals surface area contributed by atoms with Crippen molar-refractivity contribution in [1.82, 2.24) is 20.1 Å². The summed E-state index contributed by atoms with van der Waals surface area (Å²) in [7, 11) is -3.75. The molecule has 1 unspecified atom stereocenters. The SMILES string of the molecule is CCn1ncnc1CS(=O)(=O)CC(NC(C)=O)C(=O)O. The fourth-order valence-corrected chi connectivity index (χ4v) is 3.06. The Morgan fingerprint density at radius 1 is 1.50 bits per heavy atom. The predicted molar refractivity (Wildman–Crippen MR) is 68.4 cm³/mol. The Morgan fingerprint density at radius 3 is 2.65 bits per heavy atom. The first-order chi connectivity index (χ1) is 9.25. The first-order valence-electron chi connectivity index (χ1n) is 5.82. The molecule has 1 aromatic heterocycles. The highest BCUT2D eigenvalue weighted by molar-refractivity contribution is 7.90. The van der Waals surface area contributed by atoms with Gasteiger partial charge in [-0.25, -0.2) is 22.9 Å². The van der Waals surface area contributed by atoms with Crippen LogP contribution in [0.2, 0.25) is 0 Å². The van der Waals surface area contributed by atoms with Crippen LogP contribution in [-0.2, 0) is 31.7 Å². The molecule has 1 atom stereocenters. The Hall–Kier alpha value is -1.97. The van der Waals surface area contributed by atoms with Crippen LogP contribution in [-0.4, -0.2) is 52.0 Å². The second-order valence-corrected chi connectivity index (χ2v) is 6.25. The van der Waals surface area contributed by atoms with Crippen LogP contribution in [0.4, 0.5) is 0 Å². The summed E-state index contributed by atoms with van der Waals surface area (Å²) in [5.74, 6) is -2.90. The lowest BCUT2D eigenvalue weighted by molar-refractivity contribution is -0.140. The third-order valence-electron chi connectivity index (χ3n) is 2.44. The van der Waals surface area contributed by atoms with Gasteiger partial charge in [-0.1, -0.05) is 0 Å². The highest BCUT2D eigenvalue weighted by Crippen LogP contribution is 2.05. The average molecular weight is 304 g/mol. The third kappa shape index (κ3) is 4.61. The van der Waals surface area contributed by atoms with E-state index in [9.17, 15) is 18.0 Å². The zero-order chi connectivity index (χ0) is 15.3. The fourth-order valence-electron chi connectivity index (χ4n) is 1.59. The molecule has 0 saturated heterocycles. The van der Waals surface area contributed by atoms with E-state index in [-0.39, 0.29) is 5.82 Å². The zero-order valence-corrected chi connectivity index (χ0v) is 11.9. The van der Waals surface area contributed by atoms with Gasteiger partial charge in [0.25, 0.3) is 0 Å². The van der Waals surface area contributed by atoms with Crippen LogP contribution in [0.25, 0.3) is 0 Å². The minimum atomic E-state index is -3.75. The Balaban J connectivity index is 2.83. The van der Waals surface area contributed by atoms with Crippen LogP contribution < -0.4 is 5.32 Å². The standard InChI is InChI=1S/C10H16N4O5S/c1-3-14-9(11-6-12-14)5-20(18,19)4-8(10(16)17)13-7(2)15/h6,8H,3-5H2,1-2H3,(H,13,15)(H,16,17). The van der Waals surface area contributed by atoms with E-state index < -0.39 is 39.3 Å². The third-order valence-corrected chi connectivity index (χ3v) is 3.98. The van der Waals surface area contributed by atoms with Gasteiger partial charge in [0.2, 0.25) is 5.91 Å². The molecule has 0 aliphatic carbocycles. The predicted octanol–water partition coefficient (Wildman–Crippen LogP) is -1.20. The summed E-state index contributed by atoms with van der Waals surface area (Å²) >= 11 is 0. The monoisotopic (exact) mass is 304 g/mol. The van der Waals surface area contributed by atoms with Gasteiger partial charge in [-0.2, -0.15) is 5.10 Å². The molecule has 0 bridgehead atoms. The Labute approximate surface area is 115 Å². The number of nitrogens with zero attached hydrogens (tertiary/aromatic N) is 3. The molecule has 0 radical (unpaired) electrons. The summed E-state index contributed by atoms with van der Waals surface area (Å²) in [4.78, 5) is 25.6. The van der Waals surface area contributed by atoms with E-state index in [1.165, 1.54) is 11.0 Å². The van der Waals surface area contributed by atoms with E-state index >= 15 is 0 Å². The molecule has 0 spiro atoms. The summed E-state index contributed by atoms with van der Waals surface area (Å²) in [6, 6.07) is -1.48. The van der Waals surface area contributed by atoms with Crippen molar-refractivity contribution in [1.29, 1.82) is 0 Å². The number of carbonyl (C=O) groups excluding carboxylic acids is 1. The molecular weight excluding hydrogens is 288 g/mol. The van der Waals surface area contributed by atoms with E-state index in [0.717, 1.165) is 6.92 Å². The lowest BCUT2D eigenvalue weighted by Crippen LogP contribution is -2.44. The maximum Gasteiger partial charge on any atom is 0.327 e. The molecule has 0 fully saturated rings. The van der Waals surface area contributed by atoms with Crippen molar-refractivity contribution >= 4 is 21.7 Å². The van der Waals surface area contributed by atoms with Crippen LogP contribution in [0.3, 0.4) is 0 Å². The van der Waals surface area contributed by atoms with Crippen molar-refractivity contribution in [3.05, 3.63) is 12.2 Å². The summed E-state index contributed by atoms with van der Waals surface area (Å²) < 4.78 is 25.3. The van der Waals surface area contributed by atoms with Gasteiger partial charge in [-0.15, -0.1) is 0 Å². The van der Waals surface area contributed by atoms with Crippen molar-refractivity contribution < 1.29 is 23.1 Å². The van der Waals surface area contributed by atoms with Crippen molar-refractivity contribution in [3.63, 3.8) is 0 Å². The van der Waals surface area contributed by atoms with Gasteiger partial charge >= 0.3 is 5.97 Å². The van der Waals surface area contributed by atoms with Crippen LogP contribution in [0.5, 0.6) is 0 Å². The molecule has 1 rings (SSSR count). The number of hydrogen-bond acceptors (Lipinski definition) is 6.